The van der Waals surface area contributed by atoms with Crippen LogP contribution in [0.3, 0.4) is 0 Å². The molecular formula is C20H19N3O6S. The van der Waals surface area contributed by atoms with E-state index < -0.39 is 16.1 Å². The molecule has 0 saturated carbocycles. The SMILES string of the molecule is Cc1ccc(S(=O)(=O)OCc2ccc3c(c2)CN(N2CCC(=O)NC2=O)C3=O)cc1. The highest BCUT2D eigenvalue weighted by Gasteiger charge is 2.36. The number of carbonyl (C=O) groups excluding carboxylic acids is 3. The minimum absolute atomic E-state index is 0.0706. The van der Waals surface area contributed by atoms with Crippen LogP contribution in [0.25, 0.3) is 0 Å². The van der Waals surface area contributed by atoms with Gasteiger partial charge in [-0.05, 0) is 36.2 Å². The third-order valence-corrected chi connectivity index (χ3v) is 6.25. The van der Waals surface area contributed by atoms with Gasteiger partial charge in [0.25, 0.3) is 16.0 Å². The summed E-state index contributed by atoms with van der Waals surface area (Å²) in [6.07, 6.45) is 0.113. The van der Waals surface area contributed by atoms with Gasteiger partial charge in [0.1, 0.15) is 0 Å². The number of rotatable bonds is 5. The van der Waals surface area contributed by atoms with Gasteiger partial charge < -0.3 is 0 Å². The molecule has 30 heavy (non-hydrogen) atoms. The highest BCUT2D eigenvalue weighted by atomic mass is 32.2. The van der Waals surface area contributed by atoms with E-state index in [-0.39, 0.29) is 42.8 Å². The van der Waals surface area contributed by atoms with E-state index in [1.807, 2.05) is 6.92 Å². The van der Waals surface area contributed by atoms with Crippen LogP contribution in [-0.4, -0.2) is 42.8 Å². The monoisotopic (exact) mass is 429 g/mol. The molecule has 4 rings (SSSR count). The number of amides is 4. The van der Waals surface area contributed by atoms with Gasteiger partial charge >= 0.3 is 6.03 Å². The maximum atomic E-state index is 12.7. The molecule has 0 unspecified atom stereocenters. The van der Waals surface area contributed by atoms with Crippen molar-refractivity contribution in [3.05, 3.63) is 64.7 Å². The molecule has 0 bridgehead atoms. The number of fused-ring (bicyclic) bond motifs is 1. The van der Waals surface area contributed by atoms with Crippen LogP contribution in [0.5, 0.6) is 0 Å². The van der Waals surface area contributed by atoms with Crippen molar-refractivity contribution in [2.75, 3.05) is 6.54 Å². The molecule has 1 fully saturated rings. The molecule has 0 spiro atoms. The number of hydrogen-bond donors (Lipinski definition) is 1. The first kappa shape index (κ1) is 20.0. The Hall–Kier alpha value is -3.24. The Morgan fingerprint density at radius 2 is 1.77 bits per heavy atom. The van der Waals surface area contributed by atoms with Crippen molar-refractivity contribution in [2.45, 2.75) is 31.4 Å². The molecule has 2 aromatic rings. The third-order valence-electron chi connectivity index (χ3n) is 4.97. The predicted molar refractivity (Wildman–Crippen MR) is 104 cm³/mol. The first-order valence-electron chi connectivity index (χ1n) is 9.25. The van der Waals surface area contributed by atoms with Gasteiger partial charge in [0.15, 0.2) is 0 Å². The van der Waals surface area contributed by atoms with E-state index >= 15 is 0 Å². The van der Waals surface area contributed by atoms with Crippen LogP contribution < -0.4 is 5.32 Å². The largest absolute Gasteiger partial charge is 0.342 e. The van der Waals surface area contributed by atoms with E-state index in [9.17, 15) is 22.8 Å². The number of nitrogens with zero attached hydrogens (tertiary/aromatic N) is 2. The van der Waals surface area contributed by atoms with Gasteiger partial charge in [-0.25, -0.2) is 14.8 Å². The van der Waals surface area contributed by atoms with E-state index in [0.717, 1.165) is 5.56 Å². The van der Waals surface area contributed by atoms with E-state index in [0.29, 0.717) is 16.7 Å². The number of hydrazine groups is 1. The van der Waals surface area contributed by atoms with Crippen molar-refractivity contribution in [1.29, 1.82) is 0 Å². The Morgan fingerprint density at radius 3 is 2.47 bits per heavy atom. The lowest BCUT2D eigenvalue weighted by molar-refractivity contribution is -0.123. The lowest BCUT2D eigenvalue weighted by Crippen LogP contribution is -2.56. The third kappa shape index (κ3) is 3.79. The number of urea groups is 1. The summed E-state index contributed by atoms with van der Waals surface area (Å²) >= 11 is 0. The number of aryl methyl sites for hydroxylation is 1. The predicted octanol–water partition coefficient (Wildman–Crippen LogP) is 1.71. The summed E-state index contributed by atoms with van der Waals surface area (Å²) in [5.41, 5.74) is 2.59. The van der Waals surface area contributed by atoms with E-state index in [1.54, 1.807) is 30.3 Å². The maximum Gasteiger partial charge on any atom is 0.342 e. The molecule has 2 aromatic carbocycles. The second-order valence-corrected chi connectivity index (χ2v) is 8.73. The number of nitrogens with one attached hydrogen (secondary N) is 1. The quantitative estimate of drug-likeness (QED) is 0.724. The van der Waals surface area contributed by atoms with Crippen LogP contribution in [0.4, 0.5) is 4.79 Å². The zero-order chi connectivity index (χ0) is 21.5. The lowest BCUT2D eigenvalue weighted by Gasteiger charge is -2.33. The van der Waals surface area contributed by atoms with Crippen molar-refractivity contribution in [3.63, 3.8) is 0 Å². The Kier molecular flexibility index (Phi) is 5.04. The highest BCUT2D eigenvalue weighted by molar-refractivity contribution is 7.86. The van der Waals surface area contributed by atoms with E-state index in [4.69, 9.17) is 4.18 Å². The first-order valence-corrected chi connectivity index (χ1v) is 10.7. The number of carbonyl (C=O) groups is 3. The van der Waals surface area contributed by atoms with Crippen LogP contribution in [0.2, 0.25) is 0 Å². The molecule has 0 aliphatic carbocycles. The zero-order valence-electron chi connectivity index (χ0n) is 16.1. The Morgan fingerprint density at radius 1 is 1.03 bits per heavy atom. The molecule has 0 radical (unpaired) electrons. The van der Waals surface area contributed by atoms with Gasteiger partial charge in [-0.15, -0.1) is 0 Å². The van der Waals surface area contributed by atoms with Gasteiger partial charge in [-0.2, -0.15) is 8.42 Å². The number of benzene rings is 2. The zero-order valence-corrected chi connectivity index (χ0v) is 16.9. The second-order valence-electron chi connectivity index (χ2n) is 7.11. The van der Waals surface area contributed by atoms with Gasteiger partial charge in [-0.1, -0.05) is 29.8 Å². The van der Waals surface area contributed by atoms with Crippen LogP contribution in [0, 0.1) is 6.92 Å². The Bertz CT molecular complexity index is 1140. The summed E-state index contributed by atoms with van der Waals surface area (Å²) in [4.78, 5) is 36.1. The second kappa shape index (κ2) is 7.54. The molecule has 2 aliphatic heterocycles. The molecule has 0 aromatic heterocycles. The molecule has 1 saturated heterocycles. The van der Waals surface area contributed by atoms with Crippen molar-refractivity contribution >= 4 is 28.0 Å². The molecule has 1 N–H and O–H groups in total. The number of hydrogen-bond acceptors (Lipinski definition) is 6. The Balaban J connectivity index is 1.47. The average Bonchev–Trinajstić information content (AvgIpc) is 3.03. The topological polar surface area (TPSA) is 113 Å². The summed E-state index contributed by atoms with van der Waals surface area (Å²) in [5, 5.41) is 4.68. The molecule has 4 amide bonds. The molecule has 156 valence electrons. The van der Waals surface area contributed by atoms with Crippen LogP contribution in [0.15, 0.2) is 47.4 Å². The maximum absolute atomic E-state index is 12.7. The Labute approximate surface area is 173 Å². The summed E-state index contributed by atoms with van der Waals surface area (Å²) in [6.45, 7) is 1.94. The van der Waals surface area contributed by atoms with E-state index in [2.05, 4.69) is 5.32 Å². The molecule has 0 atom stereocenters. The molecule has 2 heterocycles. The minimum Gasteiger partial charge on any atom is -0.276 e. The summed E-state index contributed by atoms with van der Waals surface area (Å²) < 4.78 is 29.9. The van der Waals surface area contributed by atoms with Crippen LogP contribution in [-0.2, 0) is 32.2 Å². The van der Waals surface area contributed by atoms with Gasteiger partial charge in [-0.3, -0.25) is 19.1 Å². The van der Waals surface area contributed by atoms with Crippen molar-refractivity contribution in [1.82, 2.24) is 15.3 Å². The van der Waals surface area contributed by atoms with Crippen LogP contribution >= 0.6 is 0 Å². The fourth-order valence-electron chi connectivity index (χ4n) is 3.35. The highest BCUT2D eigenvalue weighted by Crippen LogP contribution is 2.27. The first-order chi connectivity index (χ1) is 14.2. The average molecular weight is 429 g/mol. The van der Waals surface area contributed by atoms with Gasteiger partial charge in [0.05, 0.1) is 24.6 Å². The minimum atomic E-state index is -3.91. The van der Waals surface area contributed by atoms with Crippen LogP contribution in [0.1, 0.15) is 33.5 Å². The molecule has 2 aliphatic rings. The lowest BCUT2D eigenvalue weighted by atomic mass is 10.1. The fourth-order valence-corrected chi connectivity index (χ4v) is 4.24. The van der Waals surface area contributed by atoms with E-state index in [1.165, 1.54) is 22.2 Å². The van der Waals surface area contributed by atoms with Gasteiger partial charge in [0.2, 0.25) is 5.91 Å². The molecule has 9 nitrogen and oxygen atoms in total. The number of imide groups is 1. The summed E-state index contributed by atoms with van der Waals surface area (Å²) in [6, 6.07) is 10.6. The fraction of sp³-hybridized carbons (Fsp3) is 0.250. The summed E-state index contributed by atoms with van der Waals surface area (Å²) in [5.74, 6) is -0.733. The molecule has 10 heteroatoms. The normalized spacial score (nSPS) is 16.6. The molecular weight excluding hydrogens is 410 g/mol. The van der Waals surface area contributed by atoms with Crippen molar-refractivity contribution in [2.24, 2.45) is 0 Å². The standard InChI is InChI=1S/C20H19N3O6S/c1-13-2-5-16(6-3-13)30(27,28)29-12-14-4-7-17-15(10-14)11-23(19(17)25)22-9-8-18(24)21-20(22)26/h2-7,10H,8-9,11-12H2,1H3,(H,21,24,26). The summed E-state index contributed by atoms with van der Waals surface area (Å²) in [7, 11) is -3.91. The van der Waals surface area contributed by atoms with Crippen molar-refractivity contribution < 1.29 is 27.0 Å². The smallest absolute Gasteiger partial charge is 0.276 e. The van der Waals surface area contributed by atoms with Crippen molar-refractivity contribution in [3.8, 4) is 0 Å². The van der Waals surface area contributed by atoms with Gasteiger partial charge in [0, 0.05) is 12.0 Å².